The number of nitrogens with zero attached hydrogens (tertiary/aromatic N) is 4. The number of nitrogens with one attached hydrogen (secondary N) is 3. The van der Waals surface area contributed by atoms with Gasteiger partial charge in [0.25, 0.3) is 0 Å². The number of H-pyrrole nitrogens is 1. The van der Waals surface area contributed by atoms with Crippen LogP contribution >= 0.6 is 0 Å². The number of fused-ring (bicyclic) bond motifs is 1. The van der Waals surface area contributed by atoms with Gasteiger partial charge in [-0.1, -0.05) is 35.6 Å². The summed E-state index contributed by atoms with van der Waals surface area (Å²) in [5.41, 5.74) is 17.3. The van der Waals surface area contributed by atoms with Gasteiger partial charge in [0, 0.05) is 36.1 Å². The van der Waals surface area contributed by atoms with E-state index in [0.717, 1.165) is 33.5 Å². The Bertz CT molecular complexity index is 1130. The lowest BCUT2D eigenvalue weighted by molar-refractivity contribution is 0.986. The topological polar surface area (TPSA) is 128 Å². The molecule has 5 N–H and O–H groups in total. The Morgan fingerprint density at radius 1 is 1.18 bits per heavy atom. The molecule has 0 fully saturated rings. The summed E-state index contributed by atoms with van der Waals surface area (Å²) >= 11 is 0. The first-order valence-corrected chi connectivity index (χ1v) is 8.66. The van der Waals surface area contributed by atoms with Crippen LogP contribution in [0.2, 0.25) is 0 Å². The smallest absolute Gasteiger partial charge is 0.155 e. The first-order chi connectivity index (χ1) is 13.7. The molecule has 1 aromatic carbocycles. The maximum absolute atomic E-state index is 6.79. The van der Waals surface area contributed by atoms with Crippen LogP contribution in [0.4, 0.5) is 5.82 Å². The SMILES string of the molecule is N=NN=C(N)c1ccc(-c2cc(NCc3cccnc3)nc3[nH]ccc23)cc1. The molecule has 0 aliphatic heterocycles. The fraction of sp³-hybridized carbons (Fsp3) is 0.0500. The number of nitrogens with two attached hydrogens (primary N) is 1. The Balaban J connectivity index is 1.67. The van der Waals surface area contributed by atoms with Gasteiger partial charge in [-0.25, -0.2) is 4.98 Å². The van der Waals surface area contributed by atoms with Gasteiger partial charge >= 0.3 is 0 Å². The summed E-state index contributed by atoms with van der Waals surface area (Å²) in [7, 11) is 0. The molecule has 3 aromatic heterocycles. The van der Waals surface area contributed by atoms with Gasteiger partial charge in [0.15, 0.2) is 5.84 Å². The van der Waals surface area contributed by atoms with Crippen LogP contribution in [0.1, 0.15) is 11.1 Å². The summed E-state index contributed by atoms with van der Waals surface area (Å²) in [5.74, 6) is 0.980. The normalized spacial score (nSPS) is 11.5. The molecule has 0 saturated heterocycles. The number of amidine groups is 1. The van der Waals surface area contributed by atoms with Crippen molar-refractivity contribution in [2.75, 3.05) is 5.32 Å². The molecule has 0 atom stereocenters. The predicted molar refractivity (Wildman–Crippen MR) is 109 cm³/mol. The average Bonchev–Trinajstić information content (AvgIpc) is 3.21. The quantitative estimate of drug-likeness (QED) is 0.178. The lowest BCUT2D eigenvalue weighted by Crippen LogP contribution is -2.12. The molecule has 0 unspecified atom stereocenters. The number of hydrogen-bond acceptors (Lipinski definition) is 5. The van der Waals surface area contributed by atoms with Crippen molar-refractivity contribution in [3.05, 3.63) is 78.2 Å². The van der Waals surface area contributed by atoms with E-state index in [9.17, 15) is 0 Å². The molecular formula is C20H18N8. The second kappa shape index (κ2) is 7.67. The fourth-order valence-corrected chi connectivity index (χ4v) is 2.99. The van der Waals surface area contributed by atoms with E-state index in [1.807, 2.05) is 60.9 Å². The molecule has 0 radical (unpaired) electrons. The molecular weight excluding hydrogens is 352 g/mol. The molecule has 0 saturated carbocycles. The molecule has 4 rings (SSSR count). The second-order valence-electron chi connectivity index (χ2n) is 6.17. The van der Waals surface area contributed by atoms with Crippen LogP contribution in [0.25, 0.3) is 22.2 Å². The summed E-state index contributed by atoms with van der Waals surface area (Å²) in [6.45, 7) is 0.634. The van der Waals surface area contributed by atoms with Crippen molar-refractivity contribution in [2.24, 2.45) is 16.1 Å². The predicted octanol–water partition coefficient (Wildman–Crippen LogP) is 3.89. The molecule has 0 spiro atoms. The first kappa shape index (κ1) is 17.3. The molecule has 0 aliphatic rings. The van der Waals surface area contributed by atoms with E-state index in [-0.39, 0.29) is 5.84 Å². The van der Waals surface area contributed by atoms with E-state index >= 15 is 0 Å². The highest BCUT2D eigenvalue weighted by Crippen LogP contribution is 2.30. The monoisotopic (exact) mass is 370 g/mol. The van der Waals surface area contributed by atoms with E-state index in [1.165, 1.54) is 0 Å². The number of hydrogen-bond donors (Lipinski definition) is 4. The average molecular weight is 370 g/mol. The number of benzene rings is 1. The van der Waals surface area contributed by atoms with Gasteiger partial charge in [0.05, 0.1) is 0 Å². The van der Waals surface area contributed by atoms with E-state index in [0.29, 0.717) is 12.1 Å². The Labute approximate surface area is 161 Å². The molecule has 0 aliphatic carbocycles. The third kappa shape index (κ3) is 3.56. The highest BCUT2D eigenvalue weighted by atomic mass is 15.3. The molecule has 0 bridgehead atoms. The maximum atomic E-state index is 6.79. The molecule has 8 heteroatoms. The van der Waals surface area contributed by atoms with Crippen LogP contribution < -0.4 is 11.1 Å². The van der Waals surface area contributed by atoms with Gasteiger partial charge < -0.3 is 16.0 Å². The Kier molecular flexibility index (Phi) is 4.75. The van der Waals surface area contributed by atoms with E-state index in [1.54, 1.807) is 6.20 Å². The summed E-state index contributed by atoms with van der Waals surface area (Å²) in [4.78, 5) is 12.0. The molecule has 0 amide bonds. The van der Waals surface area contributed by atoms with Crippen LogP contribution in [0.3, 0.4) is 0 Å². The zero-order valence-electron chi connectivity index (χ0n) is 14.9. The summed E-state index contributed by atoms with van der Waals surface area (Å²) in [6.07, 6.45) is 5.46. The molecule has 28 heavy (non-hydrogen) atoms. The minimum Gasteiger partial charge on any atom is -0.382 e. The zero-order valence-corrected chi connectivity index (χ0v) is 14.9. The van der Waals surface area contributed by atoms with Crippen LogP contribution in [0.5, 0.6) is 0 Å². The highest BCUT2D eigenvalue weighted by molar-refractivity contribution is 5.99. The van der Waals surface area contributed by atoms with Gasteiger partial charge in [-0.3, -0.25) is 4.98 Å². The van der Waals surface area contributed by atoms with Crippen molar-refractivity contribution in [3.8, 4) is 11.1 Å². The number of aromatic nitrogens is 3. The van der Waals surface area contributed by atoms with E-state index < -0.39 is 0 Å². The highest BCUT2D eigenvalue weighted by Gasteiger charge is 2.10. The summed E-state index contributed by atoms with van der Waals surface area (Å²) < 4.78 is 0. The first-order valence-electron chi connectivity index (χ1n) is 8.66. The maximum Gasteiger partial charge on any atom is 0.155 e. The van der Waals surface area contributed by atoms with Crippen molar-refractivity contribution >= 4 is 22.7 Å². The standard InChI is InChI=1S/C20H18N8/c21-19(27-28-22)15-5-3-14(4-6-15)17-10-18(26-20-16(17)7-9-24-20)25-12-13-2-1-8-23-11-13/h1-11H,12H2,(H3,21,22,27)(H2,24,25,26). The van der Waals surface area contributed by atoms with Gasteiger partial charge in [0.1, 0.15) is 11.5 Å². The van der Waals surface area contributed by atoms with Crippen LogP contribution in [-0.4, -0.2) is 20.8 Å². The fourth-order valence-electron chi connectivity index (χ4n) is 2.99. The molecule has 138 valence electrons. The van der Waals surface area contributed by atoms with E-state index in [2.05, 4.69) is 30.6 Å². The van der Waals surface area contributed by atoms with Crippen molar-refractivity contribution in [3.63, 3.8) is 0 Å². The van der Waals surface area contributed by atoms with Gasteiger partial charge in [-0.2, -0.15) is 5.53 Å². The van der Waals surface area contributed by atoms with Crippen molar-refractivity contribution in [1.29, 1.82) is 5.53 Å². The number of aromatic amines is 1. The Hall–Kier alpha value is -4.07. The molecule has 4 aromatic rings. The number of pyridine rings is 2. The van der Waals surface area contributed by atoms with Crippen molar-refractivity contribution < 1.29 is 0 Å². The number of rotatable bonds is 6. The van der Waals surface area contributed by atoms with Crippen LogP contribution in [0.15, 0.2) is 77.4 Å². The Morgan fingerprint density at radius 2 is 2.04 bits per heavy atom. The van der Waals surface area contributed by atoms with Crippen LogP contribution in [-0.2, 0) is 6.54 Å². The lowest BCUT2D eigenvalue weighted by Gasteiger charge is -2.10. The second-order valence-corrected chi connectivity index (χ2v) is 6.17. The molecule has 3 heterocycles. The van der Waals surface area contributed by atoms with E-state index in [4.69, 9.17) is 11.3 Å². The summed E-state index contributed by atoms with van der Waals surface area (Å²) in [6, 6.07) is 15.6. The lowest BCUT2D eigenvalue weighted by atomic mass is 10.0. The van der Waals surface area contributed by atoms with Crippen molar-refractivity contribution in [1.82, 2.24) is 15.0 Å². The summed E-state index contributed by atoms with van der Waals surface area (Å²) in [5, 5.41) is 10.9. The van der Waals surface area contributed by atoms with Crippen LogP contribution in [0, 0.1) is 5.53 Å². The minimum atomic E-state index is 0.210. The Morgan fingerprint density at radius 3 is 2.79 bits per heavy atom. The molecule has 8 nitrogen and oxygen atoms in total. The minimum absolute atomic E-state index is 0.210. The van der Waals surface area contributed by atoms with Gasteiger partial charge in [-0.05, 0) is 34.9 Å². The van der Waals surface area contributed by atoms with Gasteiger partial charge in [0.2, 0.25) is 0 Å². The van der Waals surface area contributed by atoms with Crippen molar-refractivity contribution in [2.45, 2.75) is 6.54 Å². The number of anilines is 1. The van der Waals surface area contributed by atoms with Gasteiger partial charge in [-0.15, -0.1) is 5.10 Å². The largest absolute Gasteiger partial charge is 0.382 e. The third-order valence-electron chi connectivity index (χ3n) is 4.37. The third-order valence-corrected chi connectivity index (χ3v) is 4.37. The zero-order chi connectivity index (χ0) is 19.3.